The molecule has 0 spiro atoms. The summed E-state index contributed by atoms with van der Waals surface area (Å²) in [6.07, 6.45) is 2.31. The molecule has 3 heteroatoms. The van der Waals surface area contributed by atoms with Gasteiger partial charge in [0.05, 0.1) is 0 Å². The predicted octanol–water partition coefficient (Wildman–Crippen LogP) is 2.84. The van der Waals surface area contributed by atoms with Crippen LogP contribution in [0.25, 0.3) is 0 Å². The number of nitrogen functional groups attached to an aromatic ring is 1. The maximum Gasteiger partial charge on any atom is 0.254 e. The minimum Gasteiger partial charge on any atom is -0.399 e. The zero-order valence-electron chi connectivity index (χ0n) is 11.4. The first-order chi connectivity index (χ1) is 8.49. The lowest BCUT2D eigenvalue weighted by Gasteiger charge is -2.37. The average molecular weight is 246 g/mol. The lowest BCUT2D eigenvalue weighted by Crippen LogP contribution is -2.44. The van der Waals surface area contributed by atoms with Crippen LogP contribution in [-0.2, 0) is 0 Å². The number of benzene rings is 1. The Morgan fingerprint density at radius 2 is 2.06 bits per heavy atom. The Hall–Kier alpha value is -1.51. The SMILES string of the molecule is Cc1cc(C(=O)N2CC(C)CCC2C)ccc1N. The third-order valence-electron chi connectivity index (χ3n) is 3.90. The highest BCUT2D eigenvalue weighted by Gasteiger charge is 2.27. The van der Waals surface area contributed by atoms with Crippen molar-refractivity contribution in [1.29, 1.82) is 0 Å². The maximum absolute atomic E-state index is 12.5. The summed E-state index contributed by atoms with van der Waals surface area (Å²) in [4.78, 5) is 14.5. The van der Waals surface area contributed by atoms with Gasteiger partial charge >= 0.3 is 0 Å². The summed E-state index contributed by atoms with van der Waals surface area (Å²) in [6.45, 7) is 7.14. The van der Waals surface area contributed by atoms with Gasteiger partial charge in [-0.05, 0) is 56.4 Å². The Bertz CT molecular complexity index is 456. The molecular formula is C15H22N2O. The molecule has 2 N–H and O–H groups in total. The number of amides is 1. The van der Waals surface area contributed by atoms with Crippen LogP contribution < -0.4 is 5.73 Å². The normalized spacial score (nSPS) is 24.1. The molecule has 2 rings (SSSR count). The third kappa shape index (κ3) is 2.50. The first-order valence-corrected chi connectivity index (χ1v) is 6.66. The third-order valence-corrected chi connectivity index (χ3v) is 3.90. The van der Waals surface area contributed by atoms with Crippen molar-refractivity contribution in [2.45, 2.75) is 39.7 Å². The molecule has 1 heterocycles. The van der Waals surface area contributed by atoms with Crippen LogP contribution in [0.15, 0.2) is 18.2 Å². The van der Waals surface area contributed by atoms with Crippen molar-refractivity contribution in [2.24, 2.45) is 5.92 Å². The fourth-order valence-corrected chi connectivity index (χ4v) is 2.55. The molecular weight excluding hydrogens is 224 g/mol. The maximum atomic E-state index is 12.5. The lowest BCUT2D eigenvalue weighted by molar-refractivity contribution is 0.0574. The highest BCUT2D eigenvalue weighted by atomic mass is 16.2. The molecule has 1 saturated heterocycles. The monoisotopic (exact) mass is 246 g/mol. The highest BCUT2D eigenvalue weighted by Crippen LogP contribution is 2.24. The molecule has 0 radical (unpaired) electrons. The molecule has 1 aliphatic heterocycles. The van der Waals surface area contributed by atoms with Gasteiger partial charge in [-0.15, -0.1) is 0 Å². The van der Waals surface area contributed by atoms with Gasteiger partial charge in [0.15, 0.2) is 0 Å². The summed E-state index contributed by atoms with van der Waals surface area (Å²) in [5, 5.41) is 0. The minimum absolute atomic E-state index is 0.136. The smallest absolute Gasteiger partial charge is 0.254 e. The standard InChI is InChI=1S/C15H22N2O/c1-10-4-5-12(3)17(9-10)15(18)13-6-7-14(16)11(2)8-13/h6-8,10,12H,4-5,9,16H2,1-3H3. The molecule has 1 aromatic rings. The van der Waals surface area contributed by atoms with Crippen LogP contribution in [0.4, 0.5) is 5.69 Å². The van der Waals surface area contributed by atoms with Crippen molar-refractivity contribution in [1.82, 2.24) is 4.90 Å². The number of carbonyl (C=O) groups excluding carboxylic acids is 1. The summed E-state index contributed by atoms with van der Waals surface area (Å²) in [5.74, 6) is 0.733. The molecule has 1 aromatic carbocycles. The first-order valence-electron chi connectivity index (χ1n) is 6.66. The van der Waals surface area contributed by atoms with Gasteiger partial charge in [-0.2, -0.15) is 0 Å². The van der Waals surface area contributed by atoms with Crippen LogP contribution in [0.1, 0.15) is 42.6 Å². The Balaban J connectivity index is 2.21. The first kappa shape index (κ1) is 12.9. The number of hydrogen-bond acceptors (Lipinski definition) is 2. The number of carbonyl (C=O) groups is 1. The van der Waals surface area contributed by atoms with E-state index >= 15 is 0 Å². The van der Waals surface area contributed by atoms with Gasteiger partial charge in [0, 0.05) is 23.8 Å². The van der Waals surface area contributed by atoms with Crippen LogP contribution in [0.5, 0.6) is 0 Å². The van der Waals surface area contributed by atoms with Gasteiger partial charge in [-0.25, -0.2) is 0 Å². The summed E-state index contributed by atoms with van der Waals surface area (Å²) in [7, 11) is 0. The van der Waals surface area contributed by atoms with Crippen molar-refractivity contribution in [3.63, 3.8) is 0 Å². The summed E-state index contributed by atoms with van der Waals surface area (Å²) in [6, 6.07) is 5.88. The fraction of sp³-hybridized carbons (Fsp3) is 0.533. The zero-order valence-corrected chi connectivity index (χ0v) is 11.4. The number of piperidine rings is 1. The van der Waals surface area contributed by atoms with Crippen LogP contribution >= 0.6 is 0 Å². The molecule has 18 heavy (non-hydrogen) atoms. The van der Waals surface area contributed by atoms with E-state index in [-0.39, 0.29) is 5.91 Å². The lowest BCUT2D eigenvalue weighted by atomic mass is 9.94. The van der Waals surface area contributed by atoms with Crippen LogP contribution in [-0.4, -0.2) is 23.4 Å². The minimum atomic E-state index is 0.136. The molecule has 1 amide bonds. The number of rotatable bonds is 1. The average Bonchev–Trinajstić information content (AvgIpc) is 2.35. The Kier molecular flexibility index (Phi) is 3.60. The molecule has 3 nitrogen and oxygen atoms in total. The second kappa shape index (κ2) is 5.01. The second-order valence-electron chi connectivity index (χ2n) is 5.56. The van der Waals surface area contributed by atoms with Crippen molar-refractivity contribution < 1.29 is 4.79 Å². The van der Waals surface area contributed by atoms with Crippen LogP contribution in [0.2, 0.25) is 0 Å². The molecule has 0 bridgehead atoms. The molecule has 98 valence electrons. The Morgan fingerprint density at radius 1 is 1.33 bits per heavy atom. The molecule has 0 aromatic heterocycles. The van der Waals surface area contributed by atoms with Crippen molar-refractivity contribution in [2.75, 3.05) is 12.3 Å². The fourth-order valence-electron chi connectivity index (χ4n) is 2.55. The van der Waals surface area contributed by atoms with E-state index in [2.05, 4.69) is 13.8 Å². The summed E-state index contributed by atoms with van der Waals surface area (Å²) >= 11 is 0. The van der Waals surface area contributed by atoms with E-state index in [1.807, 2.05) is 30.0 Å². The number of likely N-dealkylation sites (tertiary alicyclic amines) is 1. The quantitative estimate of drug-likeness (QED) is 0.774. The van der Waals surface area contributed by atoms with E-state index in [9.17, 15) is 4.79 Å². The number of hydrogen-bond donors (Lipinski definition) is 1. The number of aryl methyl sites for hydroxylation is 1. The molecule has 0 saturated carbocycles. The summed E-state index contributed by atoms with van der Waals surface area (Å²) in [5.41, 5.74) is 8.26. The van der Waals surface area contributed by atoms with Crippen LogP contribution in [0, 0.1) is 12.8 Å². The number of anilines is 1. The van der Waals surface area contributed by atoms with E-state index in [0.717, 1.165) is 29.8 Å². The molecule has 1 aliphatic rings. The van der Waals surface area contributed by atoms with Gasteiger partial charge in [-0.1, -0.05) is 6.92 Å². The van der Waals surface area contributed by atoms with E-state index in [1.54, 1.807) is 0 Å². The van der Waals surface area contributed by atoms with Gasteiger partial charge in [0.2, 0.25) is 0 Å². The molecule has 2 unspecified atom stereocenters. The van der Waals surface area contributed by atoms with Gasteiger partial charge < -0.3 is 10.6 Å². The number of nitrogens with zero attached hydrogens (tertiary/aromatic N) is 1. The molecule has 2 atom stereocenters. The Morgan fingerprint density at radius 3 is 2.72 bits per heavy atom. The Labute approximate surface area is 109 Å². The van der Waals surface area contributed by atoms with Gasteiger partial charge in [-0.3, -0.25) is 4.79 Å². The van der Waals surface area contributed by atoms with Gasteiger partial charge in [0.1, 0.15) is 0 Å². The molecule has 1 fully saturated rings. The molecule has 0 aliphatic carbocycles. The van der Waals surface area contributed by atoms with E-state index < -0.39 is 0 Å². The van der Waals surface area contributed by atoms with Crippen molar-refractivity contribution >= 4 is 11.6 Å². The largest absolute Gasteiger partial charge is 0.399 e. The van der Waals surface area contributed by atoms with E-state index in [4.69, 9.17) is 5.73 Å². The van der Waals surface area contributed by atoms with Crippen molar-refractivity contribution in [3.05, 3.63) is 29.3 Å². The number of nitrogens with two attached hydrogens (primary N) is 1. The highest BCUT2D eigenvalue weighted by molar-refractivity contribution is 5.95. The predicted molar refractivity (Wildman–Crippen MR) is 74.5 cm³/mol. The van der Waals surface area contributed by atoms with Gasteiger partial charge in [0.25, 0.3) is 5.91 Å². The van der Waals surface area contributed by atoms with Crippen molar-refractivity contribution in [3.8, 4) is 0 Å². The zero-order chi connectivity index (χ0) is 13.3. The second-order valence-corrected chi connectivity index (χ2v) is 5.56. The topological polar surface area (TPSA) is 46.3 Å². The van der Waals surface area contributed by atoms with E-state index in [1.165, 1.54) is 6.42 Å². The van der Waals surface area contributed by atoms with E-state index in [0.29, 0.717) is 12.0 Å². The van der Waals surface area contributed by atoms with Crippen LogP contribution in [0.3, 0.4) is 0 Å². The summed E-state index contributed by atoms with van der Waals surface area (Å²) < 4.78 is 0.